The van der Waals surface area contributed by atoms with Gasteiger partial charge in [0.2, 0.25) is 0 Å². The Hall–Kier alpha value is -1.66. The Bertz CT molecular complexity index is 477. The number of benzene rings is 1. The van der Waals surface area contributed by atoms with Crippen molar-refractivity contribution in [2.24, 2.45) is 0 Å². The summed E-state index contributed by atoms with van der Waals surface area (Å²) in [6.07, 6.45) is -0.456. The highest BCUT2D eigenvalue weighted by molar-refractivity contribution is 6.35. The number of carbonyl (C=O) groups is 1. The molecule has 0 aliphatic rings. The molecule has 0 N–H and O–H groups in total. The first kappa shape index (κ1) is 15.4. The van der Waals surface area contributed by atoms with Crippen LogP contribution < -0.4 is 0 Å². The van der Waals surface area contributed by atoms with Gasteiger partial charge in [0.1, 0.15) is 11.1 Å². The minimum Gasteiger partial charge on any atom is -0.457 e. The normalized spacial score (nSPS) is 11.9. The molecule has 0 radical (unpaired) electrons. The zero-order valence-corrected chi connectivity index (χ0v) is 11.3. The Morgan fingerprint density at radius 3 is 2.79 bits per heavy atom. The molecule has 0 saturated carbocycles. The molecule has 1 aromatic rings. The van der Waals surface area contributed by atoms with E-state index in [4.69, 9.17) is 21.1 Å². The Balaban J connectivity index is 2.83. The fourth-order valence-corrected chi connectivity index (χ4v) is 1.65. The van der Waals surface area contributed by atoms with Gasteiger partial charge >= 0.3 is 5.97 Å². The van der Waals surface area contributed by atoms with Crippen molar-refractivity contribution in [3.05, 3.63) is 38.9 Å². The van der Waals surface area contributed by atoms with E-state index in [1.165, 1.54) is 18.2 Å². The minimum absolute atomic E-state index is 0.0285. The van der Waals surface area contributed by atoms with Crippen LogP contribution in [0.15, 0.2) is 18.2 Å². The van der Waals surface area contributed by atoms with Gasteiger partial charge in [-0.2, -0.15) is 0 Å². The topological polar surface area (TPSA) is 78.7 Å². The number of rotatable bonds is 6. The average molecular weight is 288 g/mol. The monoisotopic (exact) mass is 287 g/mol. The van der Waals surface area contributed by atoms with E-state index in [1.54, 1.807) is 6.92 Å². The summed E-state index contributed by atoms with van der Waals surface area (Å²) in [5, 5.41) is 10.5. The molecule has 1 atom stereocenters. The van der Waals surface area contributed by atoms with Gasteiger partial charge in [-0.15, -0.1) is 0 Å². The first-order valence-electron chi connectivity index (χ1n) is 5.69. The quantitative estimate of drug-likeness (QED) is 0.457. The minimum atomic E-state index is -0.707. The van der Waals surface area contributed by atoms with Crippen molar-refractivity contribution in [2.45, 2.75) is 20.0 Å². The first-order chi connectivity index (χ1) is 8.97. The van der Waals surface area contributed by atoms with E-state index >= 15 is 0 Å². The van der Waals surface area contributed by atoms with Crippen LogP contribution in [0.25, 0.3) is 0 Å². The summed E-state index contributed by atoms with van der Waals surface area (Å²) in [6.45, 7) is 4.26. The molecule has 0 bridgehead atoms. The van der Waals surface area contributed by atoms with E-state index < -0.39 is 17.0 Å². The van der Waals surface area contributed by atoms with Gasteiger partial charge in [-0.25, -0.2) is 4.79 Å². The largest absolute Gasteiger partial charge is 0.457 e. The van der Waals surface area contributed by atoms with Crippen LogP contribution in [0.1, 0.15) is 24.2 Å². The van der Waals surface area contributed by atoms with Crippen molar-refractivity contribution < 1.29 is 19.2 Å². The predicted molar refractivity (Wildman–Crippen MR) is 69.5 cm³/mol. The van der Waals surface area contributed by atoms with Gasteiger partial charge in [-0.05, 0) is 19.9 Å². The number of carbonyl (C=O) groups excluding carboxylic acids is 1. The lowest BCUT2D eigenvalue weighted by molar-refractivity contribution is -0.384. The van der Waals surface area contributed by atoms with E-state index in [1.807, 2.05) is 6.92 Å². The lowest BCUT2D eigenvalue weighted by atomic mass is 10.2. The third kappa shape index (κ3) is 4.18. The van der Waals surface area contributed by atoms with Crippen molar-refractivity contribution in [1.82, 2.24) is 0 Å². The van der Waals surface area contributed by atoms with Crippen LogP contribution in [0.3, 0.4) is 0 Å². The van der Waals surface area contributed by atoms with Crippen molar-refractivity contribution in [3.8, 4) is 0 Å². The maximum atomic E-state index is 11.8. The van der Waals surface area contributed by atoms with Gasteiger partial charge in [-0.1, -0.05) is 17.7 Å². The van der Waals surface area contributed by atoms with Gasteiger partial charge < -0.3 is 9.47 Å². The van der Waals surface area contributed by atoms with Crippen LogP contribution in [0.5, 0.6) is 0 Å². The number of hydrogen-bond acceptors (Lipinski definition) is 5. The molecule has 19 heavy (non-hydrogen) atoms. The van der Waals surface area contributed by atoms with Gasteiger partial charge in [0.15, 0.2) is 0 Å². The predicted octanol–water partition coefficient (Wildman–Crippen LogP) is 2.83. The first-order valence-corrected chi connectivity index (χ1v) is 6.06. The number of halogens is 1. The second kappa shape index (κ2) is 7.06. The van der Waals surface area contributed by atoms with Crippen molar-refractivity contribution >= 4 is 23.3 Å². The van der Waals surface area contributed by atoms with Gasteiger partial charge in [0.25, 0.3) is 5.69 Å². The van der Waals surface area contributed by atoms with Crippen LogP contribution >= 0.6 is 11.6 Å². The second-order valence-corrected chi connectivity index (χ2v) is 4.15. The molecular weight excluding hydrogens is 274 g/mol. The molecule has 0 spiro atoms. The summed E-state index contributed by atoms with van der Waals surface area (Å²) in [6, 6.07) is 3.99. The molecule has 104 valence electrons. The Labute approximate surface area is 115 Å². The number of nitro groups is 1. The Morgan fingerprint density at radius 1 is 1.53 bits per heavy atom. The van der Waals surface area contributed by atoms with Crippen LogP contribution in [-0.2, 0) is 9.47 Å². The van der Waals surface area contributed by atoms with Crippen LogP contribution in [0.2, 0.25) is 5.02 Å². The van der Waals surface area contributed by atoms with E-state index in [0.29, 0.717) is 6.61 Å². The van der Waals surface area contributed by atoms with E-state index in [0.717, 1.165) is 0 Å². The number of hydrogen-bond donors (Lipinski definition) is 0. The standard InChI is InChI=1S/C12H14ClNO5/c1-3-18-7-8(2)19-12(15)9-5-4-6-10(11(9)13)14(16)17/h4-6,8H,3,7H2,1-2H3. The SMILES string of the molecule is CCOCC(C)OC(=O)c1cccc([N+](=O)[O-])c1Cl. The summed E-state index contributed by atoms with van der Waals surface area (Å²) < 4.78 is 10.2. The molecule has 1 rings (SSSR count). The second-order valence-electron chi connectivity index (χ2n) is 3.77. The van der Waals surface area contributed by atoms with E-state index in [9.17, 15) is 14.9 Å². The third-order valence-electron chi connectivity index (χ3n) is 2.26. The lowest BCUT2D eigenvalue weighted by Gasteiger charge is -2.13. The number of nitro benzene ring substituents is 1. The van der Waals surface area contributed by atoms with Gasteiger partial charge in [-0.3, -0.25) is 10.1 Å². The number of ether oxygens (including phenoxy) is 2. The zero-order valence-electron chi connectivity index (χ0n) is 10.6. The summed E-state index contributed by atoms with van der Waals surface area (Å²) in [4.78, 5) is 21.9. The summed E-state index contributed by atoms with van der Waals surface area (Å²) in [7, 11) is 0. The summed E-state index contributed by atoms with van der Waals surface area (Å²) >= 11 is 5.81. The maximum Gasteiger partial charge on any atom is 0.340 e. The molecule has 0 saturated heterocycles. The van der Waals surface area contributed by atoms with Gasteiger partial charge in [0, 0.05) is 12.7 Å². The lowest BCUT2D eigenvalue weighted by Crippen LogP contribution is -2.20. The molecule has 1 aromatic carbocycles. The van der Waals surface area contributed by atoms with Crippen LogP contribution in [0, 0.1) is 10.1 Å². The number of nitrogens with zero attached hydrogens (tertiary/aromatic N) is 1. The zero-order chi connectivity index (χ0) is 14.4. The van der Waals surface area contributed by atoms with Crippen LogP contribution in [-0.4, -0.2) is 30.2 Å². The highest BCUT2D eigenvalue weighted by Gasteiger charge is 2.22. The average Bonchev–Trinajstić information content (AvgIpc) is 2.36. The molecule has 0 amide bonds. The maximum absolute atomic E-state index is 11.8. The molecule has 0 heterocycles. The van der Waals surface area contributed by atoms with Gasteiger partial charge in [0.05, 0.1) is 17.1 Å². The highest BCUT2D eigenvalue weighted by Crippen LogP contribution is 2.28. The molecule has 6 nitrogen and oxygen atoms in total. The molecule has 0 aliphatic heterocycles. The highest BCUT2D eigenvalue weighted by atomic mass is 35.5. The Kier molecular flexibility index (Phi) is 5.72. The molecular formula is C12H14ClNO5. The van der Waals surface area contributed by atoms with Crippen molar-refractivity contribution in [1.29, 1.82) is 0 Å². The molecule has 0 aromatic heterocycles. The van der Waals surface area contributed by atoms with E-state index in [2.05, 4.69) is 0 Å². The fourth-order valence-electron chi connectivity index (χ4n) is 1.38. The van der Waals surface area contributed by atoms with Crippen molar-refractivity contribution in [3.63, 3.8) is 0 Å². The van der Waals surface area contributed by atoms with E-state index in [-0.39, 0.29) is 22.9 Å². The van der Waals surface area contributed by atoms with Crippen molar-refractivity contribution in [2.75, 3.05) is 13.2 Å². The Morgan fingerprint density at radius 2 is 2.21 bits per heavy atom. The summed E-state index contributed by atoms with van der Waals surface area (Å²) in [5.74, 6) is -0.707. The fraction of sp³-hybridized carbons (Fsp3) is 0.417. The smallest absolute Gasteiger partial charge is 0.340 e. The van der Waals surface area contributed by atoms with Crippen LogP contribution in [0.4, 0.5) is 5.69 Å². The molecule has 1 unspecified atom stereocenters. The summed E-state index contributed by atoms with van der Waals surface area (Å²) in [5.41, 5.74) is -0.354. The molecule has 0 fully saturated rings. The number of esters is 1. The molecule has 7 heteroatoms. The third-order valence-corrected chi connectivity index (χ3v) is 2.66. The molecule has 0 aliphatic carbocycles.